The molecular formula is C19H27N5O3S. The van der Waals surface area contributed by atoms with E-state index in [4.69, 9.17) is 4.74 Å². The van der Waals surface area contributed by atoms with Gasteiger partial charge < -0.3 is 15.0 Å². The van der Waals surface area contributed by atoms with Crippen molar-refractivity contribution in [2.45, 2.75) is 25.2 Å². The molecule has 2 heterocycles. The molecule has 0 aliphatic carbocycles. The van der Waals surface area contributed by atoms with Crippen LogP contribution in [0, 0.1) is 6.92 Å². The Morgan fingerprint density at radius 1 is 1.11 bits per heavy atom. The van der Waals surface area contributed by atoms with Crippen LogP contribution >= 0.6 is 0 Å². The predicted molar refractivity (Wildman–Crippen MR) is 109 cm³/mol. The van der Waals surface area contributed by atoms with Gasteiger partial charge in [-0.25, -0.2) is 23.1 Å². The average Bonchev–Trinajstić information content (AvgIpc) is 2.71. The van der Waals surface area contributed by atoms with Crippen molar-refractivity contribution in [1.82, 2.24) is 14.7 Å². The van der Waals surface area contributed by atoms with Crippen molar-refractivity contribution in [1.29, 1.82) is 0 Å². The third-order valence-electron chi connectivity index (χ3n) is 4.52. The van der Waals surface area contributed by atoms with Crippen LogP contribution < -0.4 is 14.9 Å². The molecule has 2 aromatic rings. The van der Waals surface area contributed by atoms with Crippen molar-refractivity contribution < 1.29 is 13.2 Å². The van der Waals surface area contributed by atoms with Gasteiger partial charge in [0.05, 0.1) is 18.1 Å². The van der Waals surface area contributed by atoms with E-state index in [9.17, 15) is 8.42 Å². The number of ether oxygens (including phenoxy) is 1. The first-order chi connectivity index (χ1) is 13.5. The zero-order valence-corrected chi connectivity index (χ0v) is 17.1. The first-order valence-electron chi connectivity index (χ1n) is 9.49. The summed E-state index contributed by atoms with van der Waals surface area (Å²) in [5.41, 5.74) is 1.11. The Morgan fingerprint density at radius 2 is 1.82 bits per heavy atom. The molecule has 9 heteroatoms. The number of nitrogens with one attached hydrogen (secondary N) is 2. The van der Waals surface area contributed by atoms with Gasteiger partial charge in [0.15, 0.2) is 0 Å². The Kier molecular flexibility index (Phi) is 6.82. The molecule has 1 fully saturated rings. The quantitative estimate of drug-likeness (QED) is 0.644. The fourth-order valence-electron chi connectivity index (χ4n) is 2.96. The van der Waals surface area contributed by atoms with Gasteiger partial charge in [-0.1, -0.05) is 19.1 Å². The van der Waals surface area contributed by atoms with E-state index < -0.39 is 10.0 Å². The van der Waals surface area contributed by atoms with Crippen molar-refractivity contribution in [2.24, 2.45) is 0 Å². The third-order valence-corrected chi connectivity index (χ3v) is 6.00. The van der Waals surface area contributed by atoms with E-state index in [-0.39, 0.29) is 11.4 Å². The van der Waals surface area contributed by atoms with Crippen molar-refractivity contribution in [2.75, 3.05) is 49.6 Å². The molecule has 1 saturated heterocycles. The summed E-state index contributed by atoms with van der Waals surface area (Å²) in [4.78, 5) is 11.3. The molecule has 3 rings (SSSR count). The minimum Gasteiger partial charge on any atom is -0.378 e. The van der Waals surface area contributed by atoms with Crippen LogP contribution in [0.25, 0.3) is 0 Å². The number of benzene rings is 1. The standard InChI is InChI=1S/C19H27N5O3S/c1-3-16-4-6-17(7-5-16)28(25,26)21-9-8-20-18-14-19(23-15(2)22-18)24-10-12-27-13-11-24/h4-7,14,21H,3,8-13H2,1-2H3,(H,20,22,23). The number of morpholine rings is 1. The summed E-state index contributed by atoms with van der Waals surface area (Å²) in [5, 5.41) is 3.17. The number of aromatic nitrogens is 2. The van der Waals surface area contributed by atoms with Gasteiger partial charge in [0.25, 0.3) is 0 Å². The summed E-state index contributed by atoms with van der Waals surface area (Å²) in [7, 11) is -3.52. The second-order valence-electron chi connectivity index (χ2n) is 6.58. The molecule has 0 radical (unpaired) electrons. The lowest BCUT2D eigenvalue weighted by atomic mass is 10.2. The zero-order chi connectivity index (χ0) is 20.0. The number of anilines is 2. The molecule has 0 spiro atoms. The van der Waals surface area contributed by atoms with E-state index >= 15 is 0 Å². The molecule has 0 saturated carbocycles. The lowest BCUT2D eigenvalue weighted by Gasteiger charge is -2.28. The van der Waals surface area contributed by atoms with E-state index in [0.29, 0.717) is 31.4 Å². The van der Waals surface area contributed by atoms with Gasteiger partial charge in [-0.05, 0) is 31.0 Å². The Balaban J connectivity index is 1.55. The van der Waals surface area contributed by atoms with Crippen LogP contribution in [-0.4, -0.2) is 57.8 Å². The number of hydrogen-bond donors (Lipinski definition) is 2. The summed E-state index contributed by atoms with van der Waals surface area (Å²) in [6.07, 6.45) is 0.877. The number of nitrogens with zero attached hydrogens (tertiary/aromatic N) is 3. The monoisotopic (exact) mass is 405 g/mol. The highest BCUT2D eigenvalue weighted by atomic mass is 32.2. The van der Waals surface area contributed by atoms with Gasteiger partial charge in [0.1, 0.15) is 17.5 Å². The summed E-state index contributed by atoms with van der Waals surface area (Å²) >= 11 is 0. The molecule has 28 heavy (non-hydrogen) atoms. The van der Waals surface area contributed by atoms with E-state index in [1.54, 1.807) is 12.1 Å². The zero-order valence-electron chi connectivity index (χ0n) is 16.3. The summed E-state index contributed by atoms with van der Waals surface area (Å²) in [6, 6.07) is 8.83. The van der Waals surface area contributed by atoms with Gasteiger partial charge in [0, 0.05) is 32.2 Å². The summed E-state index contributed by atoms with van der Waals surface area (Å²) in [5.74, 6) is 2.21. The first kappa shape index (κ1) is 20.5. The molecule has 0 amide bonds. The fourth-order valence-corrected chi connectivity index (χ4v) is 3.99. The van der Waals surface area contributed by atoms with Gasteiger partial charge in [-0.2, -0.15) is 0 Å². The van der Waals surface area contributed by atoms with Crippen molar-refractivity contribution in [3.05, 3.63) is 41.7 Å². The topological polar surface area (TPSA) is 96.5 Å². The van der Waals surface area contributed by atoms with Crippen molar-refractivity contribution >= 4 is 21.7 Å². The molecule has 1 aliphatic heterocycles. The molecule has 2 N–H and O–H groups in total. The highest BCUT2D eigenvalue weighted by Gasteiger charge is 2.15. The highest BCUT2D eigenvalue weighted by molar-refractivity contribution is 7.89. The number of sulfonamides is 1. The second kappa shape index (κ2) is 9.31. The molecule has 0 atom stereocenters. The largest absolute Gasteiger partial charge is 0.378 e. The number of hydrogen-bond acceptors (Lipinski definition) is 7. The normalized spacial score (nSPS) is 14.9. The highest BCUT2D eigenvalue weighted by Crippen LogP contribution is 2.17. The van der Waals surface area contributed by atoms with E-state index in [0.717, 1.165) is 30.9 Å². The lowest BCUT2D eigenvalue weighted by molar-refractivity contribution is 0.122. The van der Waals surface area contributed by atoms with Crippen molar-refractivity contribution in [3.8, 4) is 0 Å². The number of aryl methyl sites for hydroxylation is 2. The van der Waals surface area contributed by atoms with E-state index in [2.05, 4.69) is 24.9 Å². The maximum absolute atomic E-state index is 12.4. The van der Waals surface area contributed by atoms with Crippen LogP contribution in [0.4, 0.5) is 11.6 Å². The third kappa shape index (κ3) is 5.40. The molecule has 0 bridgehead atoms. The number of rotatable bonds is 8. The Bertz CT molecular complexity index is 881. The fraction of sp³-hybridized carbons (Fsp3) is 0.474. The molecular weight excluding hydrogens is 378 g/mol. The smallest absolute Gasteiger partial charge is 0.240 e. The summed E-state index contributed by atoms with van der Waals surface area (Å²) in [6.45, 7) is 7.53. The SMILES string of the molecule is CCc1ccc(S(=O)(=O)NCCNc2cc(N3CCOCC3)nc(C)n2)cc1. The Labute approximate surface area is 166 Å². The van der Waals surface area contributed by atoms with Gasteiger partial charge in [-0.15, -0.1) is 0 Å². The molecule has 0 unspecified atom stereocenters. The molecule has 1 aromatic heterocycles. The average molecular weight is 406 g/mol. The van der Waals surface area contributed by atoms with Crippen molar-refractivity contribution in [3.63, 3.8) is 0 Å². The van der Waals surface area contributed by atoms with Gasteiger partial charge in [0.2, 0.25) is 10.0 Å². The van der Waals surface area contributed by atoms with Gasteiger partial charge >= 0.3 is 0 Å². The van der Waals surface area contributed by atoms with Crippen LogP contribution in [0.2, 0.25) is 0 Å². The predicted octanol–water partition coefficient (Wildman–Crippen LogP) is 1.57. The summed E-state index contributed by atoms with van der Waals surface area (Å²) < 4.78 is 32.7. The van der Waals surface area contributed by atoms with Gasteiger partial charge in [-0.3, -0.25) is 0 Å². The Hall–Kier alpha value is -2.23. The minimum atomic E-state index is -3.52. The Morgan fingerprint density at radius 3 is 2.50 bits per heavy atom. The van der Waals surface area contributed by atoms with Crippen LogP contribution in [0.3, 0.4) is 0 Å². The lowest BCUT2D eigenvalue weighted by Crippen LogP contribution is -2.37. The molecule has 1 aromatic carbocycles. The molecule has 152 valence electrons. The van der Waals surface area contributed by atoms with Crippen LogP contribution in [-0.2, 0) is 21.2 Å². The second-order valence-corrected chi connectivity index (χ2v) is 8.35. The van der Waals surface area contributed by atoms with Crippen LogP contribution in [0.15, 0.2) is 35.2 Å². The van der Waals surface area contributed by atoms with E-state index in [1.807, 2.05) is 32.0 Å². The maximum Gasteiger partial charge on any atom is 0.240 e. The van der Waals surface area contributed by atoms with Crippen LogP contribution in [0.1, 0.15) is 18.3 Å². The van der Waals surface area contributed by atoms with E-state index in [1.165, 1.54) is 0 Å². The minimum absolute atomic E-state index is 0.258. The molecule has 1 aliphatic rings. The molecule has 8 nitrogen and oxygen atoms in total. The maximum atomic E-state index is 12.4. The van der Waals surface area contributed by atoms with Crippen LogP contribution in [0.5, 0.6) is 0 Å². The first-order valence-corrected chi connectivity index (χ1v) is 11.0.